The quantitative estimate of drug-likeness (QED) is 0.450. The number of aryl methyl sites for hydroxylation is 1. The first-order valence-electron chi connectivity index (χ1n) is 13.1. The second-order valence-electron chi connectivity index (χ2n) is 9.28. The van der Waals surface area contributed by atoms with Gasteiger partial charge in [0.2, 0.25) is 11.9 Å². The fourth-order valence-corrected chi connectivity index (χ4v) is 4.94. The van der Waals surface area contributed by atoms with E-state index < -0.39 is 0 Å². The van der Waals surface area contributed by atoms with Crippen molar-refractivity contribution in [3.63, 3.8) is 0 Å². The SMILES string of the molecule is CCN1CCN(c2nc3c(N4CCOCC4)nc(-c4cccc(/C(N)=C/C=C\N)c4)nc3n2CC)CC1=O. The van der Waals surface area contributed by atoms with E-state index in [1.54, 1.807) is 12.2 Å². The number of nitrogens with zero attached hydrogens (tertiary/aromatic N) is 7. The minimum atomic E-state index is 0.112. The number of nitrogens with two attached hydrogens (primary N) is 2. The Hall–Kier alpha value is -4.12. The highest BCUT2D eigenvalue weighted by Gasteiger charge is 2.29. The van der Waals surface area contributed by atoms with Gasteiger partial charge in [-0.3, -0.25) is 9.36 Å². The summed E-state index contributed by atoms with van der Waals surface area (Å²) >= 11 is 0. The Balaban J connectivity index is 1.64. The van der Waals surface area contributed by atoms with Crippen LogP contribution in [0.15, 0.2) is 42.6 Å². The summed E-state index contributed by atoms with van der Waals surface area (Å²) in [4.78, 5) is 33.9. The first kappa shape index (κ1) is 25.5. The molecule has 2 saturated heterocycles. The lowest BCUT2D eigenvalue weighted by Crippen LogP contribution is -2.50. The van der Waals surface area contributed by atoms with Crippen LogP contribution in [0.25, 0.3) is 28.2 Å². The Labute approximate surface area is 222 Å². The van der Waals surface area contributed by atoms with E-state index >= 15 is 0 Å². The highest BCUT2D eigenvalue weighted by atomic mass is 16.5. The summed E-state index contributed by atoms with van der Waals surface area (Å²) < 4.78 is 7.69. The molecule has 4 heterocycles. The van der Waals surface area contributed by atoms with Crippen molar-refractivity contribution >= 4 is 34.5 Å². The van der Waals surface area contributed by atoms with Gasteiger partial charge in [0.1, 0.15) is 0 Å². The van der Waals surface area contributed by atoms with Crippen LogP contribution in [0.3, 0.4) is 0 Å². The zero-order valence-corrected chi connectivity index (χ0v) is 22.0. The molecule has 0 saturated carbocycles. The van der Waals surface area contributed by atoms with Crippen LogP contribution in [-0.2, 0) is 16.1 Å². The maximum absolute atomic E-state index is 12.7. The number of piperazine rings is 1. The Morgan fingerprint density at radius 2 is 1.87 bits per heavy atom. The van der Waals surface area contributed by atoms with E-state index in [0.717, 1.165) is 40.6 Å². The second kappa shape index (κ2) is 11.1. The Bertz CT molecular complexity index is 1370. The van der Waals surface area contributed by atoms with Gasteiger partial charge in [0, 0.05) is 50.5 Å². The molecule has 1 amide bonds. The average molecular weight is 518 g/mol. The summed E-state index contributed by atoms with van der Waals surface area (Å²) in [7, 11) is 0. The molecule has 0 spiro atoms. The third kappa shape index (κ3) is 4.89. The third-order valence-electron chi connectivity index (χ3n) is 7.01. The maximum Gasteiger partial charge on any atom is 0.242 e. The van der Waals surface area contributed by atoms with E-state index in [9.17, 15) is 4.79 Å². The van der Waals surface area contributed by atoms with Crippen LogP contribution in [-0.4, -0.2) is 82.8 Å². The van der Waals surface area contributed by atoms with Gasteiger partial charge in [0.15, 0.2) is 22.8 Å². The molecule has 2 aliphatic heterocycles. The molecule has 11 nitrogen and oxygen atoms in total. The number of amides is 1. The first-order chi connectivity index (χ1) is 18.5. The van der Waals surface area contributed by atoms with E-state index in [1.807, 2.05) is 36.1 Å². The van der Waals surface area contributed by atoms with Gasteiger partial charge in [-0.1, -0.05) is 18.2 Å². The standard InChI is InChI=1S/C27H35N9O2/c1-3-33-11-12-35(18-22(33)37)27-30-23-25(34-13-15-38-16-14-34)31-24(32-26(23)36(27)4-2)20-8-5-7-19(17-20)21(29)9-6-10-28/h5-10,17H,3-4,11-16,18,28-29H2,1-2H3/b10-6-,21-9-. The zero-order valence-electron chi connectivity index (χ0n) is 22.0. The van der Waals surface area contributed by atoms with E-state index in [1.165, 1.54) is 6.20 Å². The first-order valence-corrected chi connectivity index (χ1v) is 13.1. The number of carbonyl (C=O) groups is 1. The molecule has 0 radical (unpaired) electrons. The van der Waals surface area contributed by atoms with Crippen molar-refractivity contribution in [2.75, 3.05) is 62.3 Å². The summed E-state index contributed by atoms with van der Waals surface area (Å²) in [6.45, 7) is 9.84. The van der Waals surface area contributed by atoms with Gasteiger partial charge in [0.05, 0.1) is 19.8 Å². The molecule has 0 atom stereocenters. The molecule has 2 aliphatic rings. The van der Waals surface area contributed by atoms with Crippen molar-refractivity contribution in [3.8, 4) is 11.4 Å². The summed E-state index contributed by atoms with van der Waals surface area (Å²) in [5.41, 5.74) is 15.5. The number of aromatic nitrogens is 4. The van der Waals surface area contributed by atoms with Crippen molar-refractivity contribution in [3.05, 3.63) is 48.2 Å². The normalized spacial score (nSPS) is 17.3. The molecular formula is C27H35N9O2. The van der Waals surface area contributed by atoms with Gasteiger partial charge < -0.3 is 30.9 Å². The predicted molar refractivity (Wildman–Crippen MR) is 149 cm³/mol. The van der Waals surface area contributed by atoms with Crippen molar-refractivity contribution in [1.29, 1.82) is 0 Å². The highest BCUT2D eigenvalue weighted by Crippen LogP contribution is 2.32. The number of benzene rings is 1. The van der Waals surface area contributed by atoms with Gasteiger partial charge in [-0.15, -0.1) is 0 Å². The van der Waals surface area contributed by atoms with E-state index in [-0.39, 0.29) is 5.91 Å². The molecule has 2 fully saturated rings. The molecule has 4 N–H and O–H groups in total. The van der Waals surface area contributed by atoms with Crippen molar-refractivity contribution < 1.29 is 9.53 Å². The van der Waals surface area contributed by atoms with Crippen LogP contribution in [0, 0.1) is 0 Å². The second-order valence-corrected chi connectivity index (χ2v) is 9.28. The third-order valence-corrected chi connectivity index (χ3v) is 7.01. The molecule has 0 unspecified atom stereocenters. The fraction of sp³-hybridized carbons (Fsp3) is 0.407. The van der Waals surface area contributed by atoms with Gasteiger partial charge in [-0.05, 0) is 43.8 Å². The molecule has 3 aromatic rings. The molecule has 0 aliphatic carbocycles. The summed E-state index contributed by atoms with van der Waals surface area (Å²) in [6, 6.07) is 7.86. The fourth-order valence-electron chi connectivity index (χ4n) is 4.94. The number of carbonyl (C=O) groups excluding carboxylic acids is 1. The average Bonchev–Trinajstić information content (AvgIpc) is 3.34. The van der Waals surface area contributed by atoms with Crippen LogP contribution in [0.4, 0.5) is 11.8 Å². The van der Waals surface area contributed by atoms with Crippen molar-refractivity contribution in [1.82, 2.24) is 24.4 Å². The van der Waals surface area contributed by atoms with Crippen LogP contribution in [0.2, 0.25) is 0 Å². The van der Waals surface area contributed by atoms with E-state index in [2.05, 4.69) is 21.3 Å². The number of allylic oxidation sites excluding steroid dienone is 2. The lowest BCUT2D eigenvalue weighted by Gasteiger charge is -2.34. The molecule has 2 aromatic heterocycles. The maximum atomic E-state index is 12.7. The van der Waals surface area contributed by atoms with Crippen molar-refractivity contribution in [2.24, 2.45) is 11.5 Å². The Morgan fingerprint density at radius 3 is 2.58 bits per heavy atom. The Kier molecular flexibility index (Phi) is 7.45. The number of fused-ring (bicyclic) bond motifs is 1. The lowest BCUT2D eigenvalue weighted by atomic mass is 10.1. The molecule has 38 heavy (non-hydrogen) atoms. The van der Waals surface area contributed by atoms with E-state index in [0.29, 0.717) is 64.0 Å². The van der Waals surface area contributed by atoms with Gasteiger partial charge >= 0.3 is 0 Å². The van der Waals surface area contributed by atoms with Crippen molar-refractivity contribution in [2.45, 2.75) is 20.4 Å². The number of hydrogen-bond acceptors (Lipinski definition) is 9. The summed E-state index contributed by atoms with van der Waals surface area (Å²) in [6.07, 6.45) is 4.91. The monoisotopic (exact) mass is 517 g/mol. The number of likely N-dealkylation sites (N-methyl/N-ethyl adjacent to an activating group) is 1. The van der Waals surface area contributed by atoms with Gasteiger partial charge in [-0.25, -0.2) is 15.0 Å². The van der Waals surface area contributed by atoms with Crippen LogP contribution >= 0.6 is 0 Å². The minimum absolute atomic E-state index is 0.112. The molecule has 1 aromatic carbocycles. The number of imidazole rings is 1. The lowest BCUT2D eigenvalue weighted by molar-refractivity contribution is -0.130. The number of anilines is 2. The van der Waals surface area contributed by atoms with Crippen LogP contribution in [0.1, 0.15) is 19.4 Å². The highest BCUT2D eigenvalue weighted by molar-refractivity contribution is 5.89. The number of rotatable bonds is 7. The van der Waals surface area contributed by atoms with Crippen LogP contribution < -0.4 is 21.3 Å². The Morgan fingerprint density at radius 1 is 1.05 bits per heavy atom. The number of morpholine rings is 1. The zero-order chi connectivity index (χ0) is 26.6. The molecule has 200 valence electrons. The smallest absolute Gasteiger partial charge is 0.242 e. The molecule has 11 heteroatoms. The summed E-state index contributed by atoms with van der Waals surface area (Å²) in [5.74, 6) is 2.24. The number of hydrogen-bond donors (Lipinski definition) is 2. The summed E-state index contributed by atoms with van der Waals surface area (Å²) in [5, 5.41) is 0. The topological polar surface area (TPSA) is 132 Å². The van der Waals surface area contributed by atoms with E-state index in [4.69, 9.17) is 31.2 Å². The molecule has 0 bridgehead atoms. The molecule has 5 rings (SSSR count). The largest absolute Gasteiger partial charge is 0.405 e. The minimum Gasteiger partial charge on any atom is -0.405 e. The van der Waals surface area contributed by atoms with Crippen LogP contribution in [0.5, 0.6) is 0 Å². The van der Waals surface area contributed by atoms with Gasteiger partial charge in [-0.2, -0.15) is 0 Å². The predicted octanol–water partition coefficient (Wildman–Crippen LogP) is 1.79. The van der Waals surface area contributed by atoms with Gasteiger partial charge in [0.25, 0.3) is 0 Å². The molecular weight excluding hydrogens is 482 g/mol. The number of ether oxygens (including phenoxy) is 1.